The highest BCUT2D eigenvalue weighted by atomic mass is 127. The van der Waals surface area contributed by atoms with Gasteiger partial charge >= 0.3 is 0 Å². The first-order valence-corrected chi connectivity index (χ1v) is 4.74. The molecule has 1 atom stereocenters. The van der Waals surface area contributed by atoms with Gasteiger partial charge in [0.05, 0.1) is 0 Å². The largest absolute Gasteiger partial charge is 0.329 e. The van der Waals surface area contributed by atoms with Gasteiger partial charge in [-0.25, -0.2) is 8.78 Å². The maximum absolute atomic E-state index is 13.2. The summed E-state index contributed by atoms with van der Waals surface area (Å²) in [4.78, 5) is 0. The third-order valence-electron chi connectivity index (χ3n) is 1.70. The Bertz CT molecular complexity index is 317. The highest BCUT2D eigenvalue weighted by Crippen LogP contribution is 2.23. The van der Waals surface area contributed by atoms with E-state index in [1.807, 2.05) is 22.6 Å². The molecule has 0 bridgehead atoms. The van der Waals surface area contributed by atoms with Gasteiger partial charge in [-0.05, 0) is 34.7 Å². The number of benzene rings is 1. The van der Waals surface area contributed by atoms with Crippen molar-refractivity contribution >= 4 is 22.6 Å². The van der Waals surface area contributed by atoms with Gasteiger partial charge in [-0.1, -0.05) is 0 Å². The molecule has 0 heterocycles. The Morgan fingerprint density at radius 3 is 2.54 bits per heavy atom. The summed E-state index contributed by atoms with van der Waals surface area (Å²) < 4.78 is 26.6. The van der Waals surface area contributed by atoms with E-state index >= 15 is 0 Å². The Labute approximate surface area is 88.4 Å². The van der Waals surface area contributed by atoms with Gasteiger partial charge < -0.3 is 11.5 Å². The molecule has 0 saturated carbocycles. The molecule has 0 aliphatic heterocycles. The molecule has 1 unspecified atom stereocenters. The zero-order chi connectivity index (χ0) is 10.0. The predicted molar refractivity (Wildman–Crippen MR) is 55.1 cm³/mol. The average molecular weight is 298 g/mol. The molecule has 2 nitrogen and oxygen atoms in total. The lowest BCUT2D eigenvalue weighted by Crippen LogP contribution is -2.23. The first kappa shape index (κ1) is 10.8. The van der Waals surface area contributed by atoms with Crippen molar-refractivity contribution in [2.45, 2.75) is 6.04 Å². The molecular formula is C8H9F2IN2. The number of rotatable bonds is 2. The van der Waals surface area contributed by atoms with Crippen molar-refractivity contribution < 1.29 is 8.78 Å². The quantitative estimate of drug-likeness (QED) is 0.642. The topological polar surface area (TPSA) is 52.0 Å². The fraction of sp³-hybridized carbons (Fsp3) is 0.250. The molecule has 0 aromatic heterocycles. The van der Waals surface area contributed by atoms with Crippen LogP contribution in [0.15, 0.2) is 12.1 Å². The van der Waals surface area contributed by atoms with Crippen molar-refractivity contribution in [3.05, 3.63) is 32.9 Å². The molecule has 0 amide bonds. The summed E-state index contributed by atoms with van der Waals surface area (Å²) in [5.41, 5.74) is 11.0. The van der Waals surface area contributed by atoms with Crippen LogP contribution in [-0.2, 0) is 0 Å². The van der Waals surface area contributed by atoms with Crippen LogP contribution in [0.25, 0.3) is 0 Å². The lowest BCUT2D eigenvalue weighted by Gasteiger charge is -2.12. The van der Waals surface area contributed by atoms with E-state index in [1.165, 1.54) is 6.07 Å². The fourth-order valence-corrected chi connectivity index (χ4v) is 1.82. The van der Waals surface area contributed by atoms with Crippen LogP contribution < -0.4 is 11.5 Å². The van der Waals surface area contributed by atoms with Gasteiger partial charge in [-0.2, -0.15) is 0 Å². The highest BCUT2D eigenvalue weighted by molar-refractivity contribution is 14.1. The molecule has 0 aliphatic carbocycles. The van der Waals surface area contributed by atoms with Crippen LogP contribution >= 0.6 is 22.6 Å². The van der Waals surface area contributed by atoms with E-state index in [2.05, 4.69) is 0 Å². The molecular weight excluding hydrogens is 289 g/mol. The van der Waals surface area contributed by atoms with Gasteiger partial charge in [0.15, 0.2) is 11.6 Å². The van der Waals surface area contributed by atoms with Crippen LogP contribution in [0.3, 0.4) is 0 Å². The first-order valence-electron chi connectivity index (χ1n) is 3.67. The molecule has 1 aromatic carbocycles. The number of nitrogens with two attached hydrogens (primary N) is 2. The Balaban J connectivity index is 3.25. The fourth-order valence-electron chi connectivity index (χ4n) is 1.00. The lowest BCUT2D eigenvalue weighted by molar-refractivity contribution is 0.487. The monoisotopic (exact) mass is 298 g/mol. The van der Waals surface area contributed by atoms with Crippen molar-refractivity contribution in [2.75, 3.05) is 6.54 Å². The zero-order valence-electron chi connectivity index (χ0n) is 6.73. The van der Waals surface area contributed by atoms with E-state index in [1.54, 1.807) is 0 Å². The van der Waals surface area contributed by atoms with E-state index in [-0.39, 0.29) is 12.1 Å². The van der Waals surface area contributed by atoms with Gasteiger partial charge in [0.25, 0.3) is 0 Å². The van der Waals surface area contributed by atoms with E-state index in [0.717, 1.165) is 6.07 Å². The van der Waals surface area contributed by atoms with Gasteiger partial charge in [0, 0.05) is 21.7 Å². The summed E-state index contributed by atoms with van der Waals surface area (Å²) >= 11 is 1.90. The Morgan fingerprint density at radius 2 is 2.00 bits per heavy atom. The van der Waals surface area contributed by atoms with Crippen LogP contribution in [0.1, 0.15) is 11.6 Å². The normalized spacial score (nSPS) is 13.0. The molecule has 4 N–H and O–H groups in total. The SMILES string of the molecule is NCC(N)c1c(I)ccc(F)c1F. The molecule has 0 radical (unpaired) electrons. The van der Waals surface area contributed by atoms with Crippen molar-refractivity contribution in [1.29, 1.82) is 0 Å². The van der Waals surface area contributed by atoms with Crippen LogP contribution in [0, 0.1) is 15.2 Å². The minimum Gasteiger partial charge on any atom is -0.329 e. The Morgan fingerprint density at radius 1 is 1.38 bits per heavy atom. The number of hydrogen-bond acceptors (Lipinski definition) is 2. The molecule has 1 rings (SSSR count). The van der Waals surface area contributed by atoms with E-state index in [4.69, 9.17) is 11.5 Å². The minimum atomic E-state index is -0.898. The molecule has 0 spiro atoms. The third-order valence-corrected chi connectivity index (χ3v) is 2.64. The predicted octanol–water partition coefficient (Wildman–Crippen LogP) is 1.53. The summed E-state index contributed by atoms with van der Waals surface area (Å²) in [6.45, 7) is 0.0936. The second-order valence-corrected chi connectivity index (χ2v) is 3.76. The zero-order valence-corrected chi connectivity index (χ0v) is 8.89. The maximum atomic E-state index is 13.2. The molecule has 0 aliphatic rings. The number of halogens is 3. The van der Waals surface area contributed by atoms with E-state index in [9.17, 15) is 8.78 Å². The van der Waals surface area contributed by atoms with Crippen molar-refractivity contribution in [3.63, 3.8) is 0 Å². The van der Waals surface area contributed by atoms with Gasteiger partial charge in [-0.3, -0.25) is 0 Å². The molecule has 0 fully saturated rings. The minimum absolute atomic E-state index is 0.0936. The van der Waals surface area contributed by atoms with Crippen LogP contribution in [0.2, 0.25) is 0 Å². The van der Waals surface area contributed by atoms with Gasteiger partial charge in [0.2, 0.25) is 0 Å². The van der Waals surface area contributed by atoms with Crippen LogP contribution in [0.5, 0.6) is 0 Å². The summed E-state index contributed by atoms with van der Waals surface area (Å²) in [5.74, 6) is -1.79. The lowest BCUT2D eigenvalue weighted by atomic mass is 10.1. The van der Waals surface area contributed by atoms with Crippen molar-refractivity contribution in [3.8, 4) is 0 Å². The van der Waals surface area contributed by atoms with Crippen LogP contribution in [0.4, 0.5) is 8.78 Å². The summed E-state index contributed by atoms with van der Waals surface area (Å²) in [6, 6.07) is 1.90. The molecule has 72 valence electrons. The van der Waals surface area contributed by atoms with Crippen molar-refractivity contribution in [1.82, 2.24) is 0 Å². The van der Waals surface area contributed by atoms with Crippen molar-refractivity contribution in [2.24, 2.45) is 11.5 Å². The van der Waals surface area contributed by atoms with E-state index < -0.39 is 17.7 Å². The molecule has 13 heavy (non-hydrogen) atoms. The maximum Gasteiger partial charge on any atom is 0.164 e. The molecule has 1 aromatic rings. The van der Waals surface area contributed by atoms with E-state index in [0.29, 0.717) is 3.57 Å². The summed E-state index contributed by atoms with van der Waals surface area (Å²) in [7, 11) is 0. The molecule has 5 heteroatoms. The number of hydrogen-bond donors (Lipinski definition) is 2. The summed E-state index contributed by atoms with van der Waals surface area (Å²) in [6.07, 6.45) is 0. The highest BCUT2D eigenvalue weighted by Gasteiger charge is 2.16. The summed E-state index contributed by atoms with van der Waals surface area (Å²) in [5, 5.41) is 0. The average Bonchev–Trinajstić information content (AvgIpc) is 2.12. The van der Waals surface area contributed by atoms with Gasteiger partial charge in [-0.15, -0.1) is 0 Å². The second kappa shape index (κ2) is 4.30. The Hall–Kier alpha value is -0.270. The Kier molecular flexibility index (Phi) is 3.57. The molecule has 0 saturated heterocycles. The van der Waals surface area contributed by atoms with Gasteiger partial charge in [0.1, 0.15) is 0 Å². The van der Waals surface area contributed by atoms with Crippen LogP contribution in [-0.4, -0.2) is 6.54 Å². The standard InChI is InChI=1S/C8H9F2IN2/c9-4-1-2-5(11)7(8(4)10)6(13)3-12/h1-2,6H,3,12-13H2. The third kappa shape index (κ3) is 2.15. The second-order valence-electron chi connectivity index (χ2n) is 2.60. The smallest absolute Gasteiger partial charge is 0.164 e. The first-order chi connectivity index (χ1) is 6.07.